The standard InChI is InChI=1S/C15H17N3O/c1-18(2)14-10-8-13(9-11-14)16-17-15(19)12-6-4-3-5-7-12/h3-11,16H,1-2H3,(H,17,19). The first kappa shape index (κ1) is 13.0. The summed E-state index contributed by atoms with van der Waals surface area (Å²) in [5.74, 6) is -0.155. The third-order valence-corrected chi connectivity index (χ3v) is 2.74. The summed E-state index contributed by atoms with van der Waals surface area (Å²) in [6.07, 6.45) is 0. The average Bonchev–Trinajstić information content (AvgIpc) is 2.46. The zero-order valence-corrected chi connectivity index (χ0v) is 11.1. The smallest absolute Gasteiger partial charge is 0.269 e. The van der Waals surface area contributed by atoms with Crippen LogP contribution in [0.2, 0.25) is 0 Å². The van der Waals surface area contributed by atoms with Crippen LogP contribution in [0.3, 0.4) is 0 Å². The molecule has 4 heteroatoms. The van der Waals surface area contributed by atoms with Gasteiger partial charge < -0.3 is 4.90 Å². The monoisotopic (exact) mass is 255 g/mol. The minimum absolute atomic E-state index is 0.155. The Morgan fingerprint density at radius 1 is 0.947 bits per heavy atom. The summed E-state index contributed by atoms with van der Waals surface area (Å²) in [7, 11) is 3.97. The van der Waals surface area contributed by atoms with Gasteiger partial charge in [-0.1, -0.05) is 18.2 Å². The molecular formula is C15H17N3O. The topological polar surface area (TPSA) is 44.4 Å². The fraction of sp³-hybridized carbons (Fsp3) is 0.133. The van der Waals surface area contributed by atoms with E-state index in [9.17, 15) is 4.79 Å². The molecule has 2 N–H and O–H groups in total. The molecule has 19 heavy (non-hydrogen) atoms. The fourth-order valence-electron chi connectivity index (χ4n) is 1.63. The predicted molar refractivity (Wildman–Crippen MR) is 78.3 cm³/mol. The molecule has 0 aliphatic rings. The van der Waals surface area contributed by atoms with Gasteiger partial charge in [0.1, 0.15) is 0 Å². The number of carbonyl (C=O) groups excluding carboxylic acids is 1. The van der Waals surface area contributed by atoms with Crippen molar-refractivity contribution in [3.05, 3.63) is 60.2 Å². The number of nitrogens with one attached hydrogen (secondary N) is 2. The van der Waals surface area contributed by atoms with Gasteiger partial charge in [0.2, 0.25) is 0 Å². The molecule has 0 saturated heterocycles. The molecule has 0 radical (unpaired) electrons. The van der Waals surface area contributed by atoms with Crippen LogP contribution >= 0.6 is 0 Å². The lowest BCUT2D eigenvalue weighted by Gasteiger charge is -2.13. The molecule has 0 spiro atoms. The SMILES string of the molecule is CN(C)c1ccc(NNC(=O)c2ccccc2)cc1. The van der Waals surface area contributed by atoms with Crippen LogP contribution in [0.1, 0.15) is 10.4 Å². The number of hydrogen-bond donors (Lipinski definition) is 2. The van der Waals surface area contributed by atoms with Crippen molar-refractivity contribution in [2.24, 2.45) is 0 Å². The van der Waals surface area contributed by atoms with Gasteiger partial charge in [0.05, 0.1) is 5.69 Å². The molecule has 2 aromatic rings. The van der Waals surface area contributed by atoms with Crippen molar-refractivity contribution in [2.45, 2.75) is 0 Å². The normalized spacial score (nSPS) is 9.79. The number of hydrazine groups is 1. The zero-order chi connectivity index (χ0) is 13.7. The Morgan fingerprint density at radius 3 is 2.16 bits per heavy atom. The first-order valence-electron chi connectivity index (χ1n) is 6.05. The second-order valence-electron chi connectivity index (χ2n) is 4.39. The Bertz CT molecular complexity index is 535. The Morgan fingerprint density at radius 2 is 1.58 bits per heavy atom. The van der Waals surface area contributed by atoms with E-state index in [1.165, 1.54) is 0 Å². The van der Waals surface area contributed by atoms with E-state index in [1.807, 2.05) is 61.5 Å². The number of nitrogens with zero attached hydrogens (tertiary/aromatic N) is 1. The molecule has 4 nitrogen and oxygen atoms in total. The highest BCUT2D eigenvalue weighted by Gasteiger charge is 2.03. The maximum Gasteiger partial charge on any atom is 0.269 e. The number of carbonyl (C=O) groups is 1. The minimum atomic E-state index is -0.155. The summed E-state index contributed by atoms with van der Waals surface area (Å²) in [5, 5.41) is 0. The van der Waals surface area contributed by atoms with Gasteiger partial charge in [0.15, 0.2) is 0 Å². The van der Waals surface area contributed by atoms with Gasteiger partial charge in [0.25, 0.3) is 5.91 Å². The van der Waals surface area contributed by atoms with Crippen LogP contribution in [0.15, 0.2) is 54.6 Å². The van der Waals surface area contributed by atoms with Gasteiger partial charge in [-0.2, -0.15) is 0 Å². The van der Waals surface area contributed by atoms with Gasteiger partial charge in [0, 0.05) is 25.3 Å². The highest BCUT2D eigenvalue weighted by Crippen LogP contribution is 2.14. The van der Waals surface area contributed by atoms with E-state index in [2.05, 4.69) is 10.9 Å². The predicted octanol–water partition coefficient (Wildman–Crippen LogP) is 2.51. The van der Waals surface area contributed by atoms with Crippen LogP contribution in [0.5, 0.6) is 0 Å². The number of anilines is 2. The van der Waals surface area contributed by atoms with E-state index in [-0.39, 0.29) is 5.91 Å². The maximum atomic E-state index is 11.8. The average molecular weight is 255 g/mol. The Hall–Kier alpha value is -2.49. The van der Waals surface area contributed by atoms with Crippen molar-refractivity contribution in [1.82, 2.24) is 5.43 Å². The molecular weight excluding hydrogens is 238 g/mol. The fourth-order valence-corrected chi connectivity index (χ4v) is 1.63. The molecule has 0 saturated carbocycles. The van der Waals surface area contributed by atoms with E-state index < -0.39 is 0 Å². The van der Waals surface area contributed by atoms with E-state index in [4.69, 9.17) is 0 Å². The van der Waals surface area contributed by atoms with Crippen molar-refractivity contribution in [3.8, 4) is 0 Å². The van der Waals surface area contributed by atoms with E-state index in [0.717, 1.165) is 11.4 Å². The second kappa shape index (κ2) is 5.91. The third-order valence-electron chi connectivity index (χ3n) is 2.74. The van der Waals surface area contributed by atoms with E-state index >= 15 is 0 Å². The molecule has 0 fully saturated rings. The summed E-state index contributed by atoms with van der Waals surface area (Å²) in [6.45, 7) is 0. The minimum Gasteiger partial charge on any atom is -0.378 e. The summed E-state index contributed by atoms with van der Waals surface area (Å²) in [5.41, 5.74) is 8.13. The first-order chi connectivity index (χ1) is 9.16. The quantitative estimate of drug-likeness (QED) is 0.825. The molecule has 0 aliphatic carbocycles. The highest BCUT2D eigenvalue weighted by molar-refractivity contribution is 5.94. The Kier molecular flexibility index (Phi) is 4.03. The van der Waals surface area contributed by atoms with Gasteiger partial charge in [-0.25, -0.2) is 0 Å². The molecule has 0 heterocycles. The summed E-state index contributed by atoms with van der Waals surface area (Å²) in [6, 6.07) is 16.9. The van der Waals surface area contributed by atoms with Crippen molar-refractivity contribution in [2.75, 3.05) is 24.4 Å². The van der Waals surface area contributed by atoms with Crippen molar-refractivity contribution in [3.63, 3.8) is 0 Å². The van der Waals surface area contributed by atoms with Gasteiger partial charge in [-0.3, -0.25) is 15.6 Å². The molecule has 0 atom stereocenters. The lowest BCUT2D eigenvalue weighted by atomic mass is 10.2. The number of rotatable bonds is 4. The largest absolute Gasteiger partial charge is 0.378 e. The molecule has 2 rings (SSSR count). The van der Waals surface area contributed by atoms with Crippen LogP contribution in [0.25, 0.3) is 0 Å². The molecule has 2 aromatic carbocycles. The molecule has 0 bridgehead atoms. The highest BCUT2D eigenvalue weighted by atomic mass is 16.2. The lowest BCUT2D eigenvalue weighted by molar-refractivity contribution is 0.0962. The van der Waals surface area contributed by atoms with Crippen molar-refractivity contribution >= 4 is 17.3 Å². The molecule has 0 unspecified atom stereocenters. The Balaban J connectivity index is 1.94. The van der Waals surface area contributed by atoms with Crippen LogP contribution in [0, 0.1) is 0 Å². The van der Waals surface area contributed by atoms with Crippen LogP contribution < -0.4 is 15.8 Å². The molecule has 98 valence electrons. The van der Waals surface area contributed by atoms with Gasteiger partial charge >= 0.3 is 0 Å². The van der Waals surface area contributed by atoms with E-state index in [0.29, 0.717) is 5.56 Å². The van der Waals surface area contributed by atoms with Crippen LogP contribution in [-0.4, -0.2) is 20.0 Å². The Labute approximate surface area is 113 Å². The third kappa shape index (κ3) is 3.48. The lowest BCUT2D eigenvalue weighted by Crippen LogP contribution is -2.29. The summed E-state index contributed by atoms with van der Waals surface area (Å²) in [4.78, 5) is 13.8. The van der Waals surface area contributed by atoms with Crippen LogP contribution in [-0.2, 0) is 0 Å². The number of hydrogen-bond acceptors (Lipinski definition) is 3. The first-order valence-corrected chi connectivity index (χ1v) is 6.05. The summed E-state index contributed by atoms with van der Waals surface area (Å²) >= 11 is 0. The van der Waals surface area contributed by atoms with Gasteiger partial charge in [-0.15, -0.1) is 0 Å². The molecule has 0 aromatic heterocycles. The van der Waals surface area contributed by atoms with Gasteiger partial charge in [-0.05, 0) is 36.4 Å². The maximum absolute atomic E-state index is 11.8. The van der Waals surface area contributed by atoms with Crippen LogP contribution in [0.4, 0.5) is 11.4 Å². The number of benzene rings is 2. The molecule has 0 aliphatic heterocycles. The number of amides is 1. The van der Waals surface area contributed by atoms with Crippen molar-refractivity contribution in [1.29, 1.82) is 0 Å². The molecule has 1 amide bonds. The summed E-state index contributed by atoms with van der Waals surface area (Å²) < 4.78 is 0. The second-order valence-corrected chi connectivity index (χ2v) is 4.39. The zero-order valence-electron chi connectivity index (χ0n) is 11.1. The van der Waals surface area contributed by atoms with E-state index in [1.54, 1.807) is 12.1 Å². The van der Waals surface area contributed by atoms with Crippen molar-refractivity contribution < 1.29 is 4.79 Å².